The summed E-state index contributed by atoms with van der Waals surface area (Å²) in [7, 11) is 0. The van der Waals surface area contributed by atoms with Gasteiger partial charge in [-0.25, -0.2) is 13.6 Å². The van der Waals surface area contributed by atoms with Crippen LogP contribution in [0.5, 0.6) is 11.8 Å². The minimum Gasteiger partial charge on any atom is -0.491 e. The van der Waals surface area contributed by atoms with Gasteiger partial charge in [0.1, 0.15) is 24.1 Å². The van der Waals surface area contributed by atoms with Gasteiger partial charge in [-0.3, -0.25) is 4.90 Å². The van der Waals surface area contributed by atoms with E-state index in [1.54, 1.807) is 0 Å². The summed E-state index contributed by atoms with van der Waals surface area (Å²) in [6, 6.07) is 0.957. The van der Waals surface area contributed by atoms with Crippen LogP contribution in [0, 0.1) is 5.82 Å². The highest BCUT2D eigenvalue weighted by atomic mass is 35.5. The molecular formula is C23H26ClF2N5O4. The van der Waals surface area contributed by atoms with Gasteiger partial charge in [0, 0.05) is 39.0 Å². The molecule has 9 nitrogen and oxygen atoms in total. The molecule has 1 aromatic heterocycles. The van der Waals surface area contributed by atoms with E-state index in [1.807, 2.05) is 4.90 Å². The molecule has 3 saturated heterocycles. The summed E-state index contributed by atoms with van der Waals surface area (Å²) >= 11 is 6.34. The zero-order valence-electron chi connectivity index (χ0n) is 19.1. The van der Waals surface area contributed by atoms with Crippen molar-refractivity contribution >= 4 is 34.4 Å². The molecule has 4 aliphatic rings. The maximum absolute atomic E-state index is 15.1. The number of nitrogens with zero attached hydrogens (tertiary/aromatic N) is 5. The summed E-state index contributed by atoms with van der Waals surface area (Å²) in [5, 5.41) is 9.95. The van der Waals surface area contributed by atoms with Crippen LogP contribution in [0.2, 0.25) is 5.02 Å². The highest BCUT2D eigenvalue weighted by Crippen LogP contribution is 2.44. The Kier molecular flexibility index (Phi) is 5.52. The summed E-state index contributed by atoms with van der Waals surface area (Å²) in [4.78, 5) is 26.1. The Morgan fingerprint density at radius 3 is 3.00 bits per heavy atom. The standard InChI is InChI=1S/C23H26ClF2N5O4/c24-15-8-16(26)18-17-19(15)34-7-2-14-11-29(22(32)33)5-6-31(14)20(17)28-21(27-18)35-12-23-3-1-4-30(23)10-13(25)9-23/h8,13-14H,1-7,9-12H2,(H,32,33)/t13-,14?,23+/m1/s1. The zero-order chi connectivity index (χ0) is 24.3. The fraction of sp³-hybridized carbons (Fsp3) is 0.609. The lowest BCUT2D eigenvalue weighted by Gasteiger charge is -2.42. The quantitative estimate of drug-likeness (QED) is 0.674. The van der Waals surface area contributed by atoms with Crippen molar-refractivity contribution in [3.05, 3.63) is 16.9 Å². The Labute approximate surface area is 205 Å². The van der Waals surface area contributed by atoms with E-state index in [9.17, 15) is 14.3 Å². The minimum atomic E-state index is -0.984. The van der Waals surface area contributed by atoms with Crippen LogP contribution in [-0.4, -0.2) is 94.7 Å². The van der Waals surface area contributed by atoms with E-state index in [-0.39, 0.29) is 48.9 Å². The molecule has 0 saturated carbocycles. The summed E-state index contributed by atoms with van der Waals surface area (Å²) in [5.41, 5.74) is -0.368. The number of benzene rings is 1. The van der Waals surface area contributed by atoms with Crippen molar-refractivity contribution in [2.24, 2.45) is 0 Å². The topological polar surface area (TPSA) is 91.3 Å². The average molecular weight is 510 g/mol. The molecule has 0 aliphatic carbocycles. The number of aromatic nitrogens is 2. The molecule has 5 heterocycles. The molecule has 3 atom stereocenters. The van der Waals surface area contributed by atoms with Crippen LogP contribution in [0.1, 0.15) is 25.7 Å². The van der Waals surface area contributed by atoms with Crippen LogP contribution >= 0.6 is 11.6 Å². The van der Waals surface area contributed by atoms with E-state index in [1.165, 1.54) is 11.0 Å². The molecule has 188 valence electrons. The van der Waals surface area contributed by atoms with Gasteiger partial charge in [0.15, 0.2) is 11.6 Å². The number of hydrogen-bond donors (Lipinski definition) is 1. The second kappa shape index (κ2) is 8.48. The lowest BCUT2D eigenvalue weighted by Crippen LogP contribution is -2.55. The van der Waals surface area contributed by atoms with Crippen molar-refractivity contribution in [1.82, 2.24) is 19.8 Å². The molecule has 6 rings (SSSR count). The first-order valence-electron chi connectivity index (χ1n) is 11.9. The number of fused-ring (bicyclic) bond motifs is 3. The van der Waals surface area contributed by atoms with Crippen molar-refractivity contribution in [2.75, 3.05) is 50.8 Å². The Balaban J connectivity index is 1.41. The number of rotatable bonds is 3. The van der Waals surface area contributed by atoms with Crippen LogP contribution < -0.4 is 14.4 Å². The van der Waals surface area contributed by atoms with E-state index in [4.69, 9.17) is 21.1 Å². The van der Waals surface area contributed by atoms with Crippen molar-refractivity contribution in [2.45, 2.75) is 43.4 Å². The largest absolute Gasteiger partial charge is 0.491 e. The maximum atomic E-state index is 15.1. The van der Waals surface area contributed by atoms with Crippen LogP contribution in [0.25, 0.3) is 10.9 Å². The van der Waals surface area contributed by atoms with E-state index >= 15 is 4.39 Å². The SMILES string of the molecule is O=C(O)N1CCN2c3nc(OC[C@@]45CCCN4C[C@H](F)C5)nc4c(F)cc(Cl)c(c34)OCCC2C1. The molecule has 1 amide bonds. The van der Waals surface area contributed by atoms with Gasteiger partial charge >= 0.3 is 12.1 Å². The Morgan fingerprint density at radius 2 is 2.17 bits per heavy atom. The lowest BCUT2D eigenvalue weighted by molar-refractivity contribution is 0.107. The number of hydrogen-bond acceptors (Lipinski definition) is 7. The van der Waals surface area contributed by atoms with Crippen molar-refractivity contribution in [3.8, 4) is 11.8 Å². The molecule has 0 radical (unpaired) electrons. The third-order valence-corrected chi connectivity index (χ3v) is 8.03. The molecule has 35 heavy (non-hydrogen) atoms. The van der Waals surface area contributed by atoms with Crippen molar-refractivity contribution in [1.29, 1.82) is 0 Å². The second-order valence-corrected chi connectivity index (χ2v) is 10.2. The third-order valence-electron chi connectivity index (χ3n) is 7.75. The molecule has 1 aromatic carbocycles. The number of piperazine rings is 1. The van der Waals surface area contributed by atoms with Crippen LogP contribution in [0.15, 0.2) is 6.07 Å². The number of alkyl halides is 1. The molecule has 2 aromatic rings. The lowest BCUT2D eigenvalue weighted by atomic mass is 9.95. The molecule has 1 N–H and O–H groups in total. The van der Waals surface area contributed by atoms with Gasteiger partial charge in [-0.1, -0.05) is 11.6 Å². The molecule has 0 bridgehead atoms. The number of ether oxygens (including phenoxy) is 2. The van der Waals surface area contributed by atoms with Gasteiger partial charge in [0.05, 0.1) is 28.6 Å². The highest BCUT2D eigenvalue weighted by molar-refractivity contribution is 6.33. The van der Waals surface area contributed by atoms with Gasteiger partial charge in [-0.2, -0.15) is 9.97 Å². The molecule has 4 aliphatic heterocycles. The smallest absolute Gasteiger partial charge is 0.407 e. The van der Waals surface area contributed by atoms with E-state index in [0.29, 0.717) is 42.9 Å². The number of anilines is 1. The summed E-state index contributed by atoms with van der Waals surface area (Å²) in [5.74, 6) is 0.0875. The van der Waals surface area contributed by atoms with Gasteiger partial charge in [-0.05, 0) is 25.5 Å². The van der Waals surface area contributed by atoms with Gasteiger partial charge in [0.2, 0.25) is 0 Å². The van der Waals surface area contributed by atoms with Crippen molar-refractivity contribution in [3.63, 3.8) is 0 Å². The highest BCUT2D eigenvalue weighted by Gasteiger charge is 2.49. The molecular weight excluding hydrogens is 484 g/mol. The fourth-order valence-electron chi connectivity index (χ4n) is 6.09. The number of carboxylic acid groups (broad SMARTS) is 1. The van der Waals surface area contributed by atoms with E-state index in [2.05, 4.69) is 14.9 Å². The Hall–Kier alpha value is -2.66. The maximum Gasteiger partial charge on any atom is 0.407 e. The van der Waals surface area contributed by atoms with E-state index in [0.717, 1.165) is 19.4 Å². The molecule has 0 spiro atoms. The van der Waals surface area contributed by atoms with Gasteiger partial charge < -0.3 is 24.4 Å². The fourth-order valence-corrected chi connectivity index (χ4v) is 6.33. The summed E-state index contributed by atoms with van der Waals surface area (Å²) < 4.78 is 41.3. The van der Waals surface area contributed by atoms with Crippen LogP contribution in [0.3, 0.4) is 0 Å². The Morgan fingerprint density at radius 1 is 1.31 bits per heavy atom. The Bertz CT molecular complexity index is 1190. The number of carbonyl (C=O) groups is 1. The molecule has 1 unspecified atom stereocenters. The number of halogens is 3. The first-order chi connectivity index (χ1) is 16.8. The van der Waals surface area contributed by atoms with Crippen LogP contribution in [0.4, 0.5) is 19.4 Å². The predicted octanol–water partition coefficient (Wildman–Crippen LogP) is 3.33. The summed E-state index contributed by atoms with van der Waals surface area (Å²) in [6.45, 7) is 2.66. The molecule has 12 heteroatoms. The van der Waals surface area contributed by atoms with E-state index < -0.39 is 23.6 Å². The van der Waals surface area contributed by atoms with Gasteiger partial charge in [-0.15, -0.1) is 0 Å². The molecule has 3 fully saturated rings. The average Bonchev–Trinajstić information content (AvgIpc) is 3.33. The second-order valence-electron chi connectivity index (χ2n) is 9.80. The first kappa shape index (κ1) is 22.8. The van der Waals surface area contributed by atoms with Gasteiger partial charge in [0.25, 0.3) is 0 Å². The number of amides is 1. The van der Waals surface area contributed by atoms with Crippen molar-refractivity contribution < 1.29 is 28.2 Å². The zero-order valence-corrected chi connectivity index (χ0v) is 19.8. The summed E-state index contributed by atoms with van der Waals surface area (Å²) in [6.07, 6.45) is 0.860. The van der Waals surface area contributed by atoms with Crippen LogP contribution in [-0.2, 0) is 0 Å². The monoisotopic (exact) mass is 509 g/mol. The first-order valence-corrected chi connectivity index (χ1v) is 12.3. The predicted molar refractivity (Wildman–Crippen MR) is 124 cm³/mol. The minimum absolute atomic E-state index is 0.00296. The third kappa shape index (κ3) is 3.79. The normalized spacial score (nSPS) is 28.3.